The van der Waals surface area contributed by atoms with E-state index >= 15 is 0 Å². The topological polar surface area (TPSA) is 31.4 Å². The highest BCUT2D eigenvalue weighted by Gasteiger charge is 2.52. The molecule has 1 aromatic rings. The van der Waals surface area contributed by atoms with E-state index in [1.807, 2.05) is 27.7 Å². The van der Waals surface area contributed by atoms with E-state index in [4.69, 9.17) is 44.1 Å². The molecule has 1 aromatic heterocycles. The van der Waals surface area contributed by atoms with Gasteiger partial charge in [-0.1, -0.05) is 34.8 Å². The van der Waals surface area contributed by atoms with E-state index in [0.29, 0.717) is 10.5 Å². The summed E-state index contributed by atoms with van der Waals surface area (Å²) >= 11 is 17.9. The molecule has 0 spiro atoms. The maximum Gasteiger partial charge on any atom is 0.498 e. The zero-order valence-corrected chi connectivity index (χ0v) is 12.8. The number of hydrogen-bond acceptors (Lipinski definition) is 3. The van der Waals surface area contributed by atoms with Crippen LogP contribution in [0.3, 0.4) is 0 Å². The highest BCUT2D eigenvalue weighted by molar-refractivity contribution is 6.67. The van der Waals surface area contributed by atoms with Crippen LogP contribution >= 0.6 is 34.8 Å². The quantitative estimate of drug-likeness (QED) is 0.589. The van der Waals surface area contributed by atoms with Gasteiger partial charge in [0.25, 0.3) is 0 Å². The Morgan fingerprint density at radius 3 is 2.00 bits per heavy atom. The van der Waals surface area contributed by atoms with Crippen molar-refractivity contribution in [3.8, 4) is 0 Å². The summed E-state index contributed by atoms with van der Waals surface area (Å²) in [6, 6.07) is 0. The SMILES string of the molecule is CC1(C)OB(c2cnc(Cl)c(Cl)c2Cl)OC1(C)C. The summed E-state index contributed by atoms with van der Waals surface area (Å²) in [6.07, 6.45) is 1.53. The molecule has 2 heterocycles. The van der Waals surface area contributed by atoms with E-state index in [-0.39, 0.29) is 10.2 Å². The first-order valence-corrected chi connectivity index (χ1v) is 6.64. The van der Waals surface area contributed by atoms with E-state index in [2.05, 4.69) is 4.98 Å². The Kier molecular flexibility index (Phi) is 3.63. The number of halogens is 3. The van der Waals surface area contributed by atoms with E-state index in [1.165, 1.54) is 6.20 Å². The minimum Gasteiger partial charge on any atom is -0.399 e. The van der Waals surface area contributed by atoms with Crippen LogP contribution in [-0.4, -0.2) is 23.3 Å². The van der Waals surface area contributed by atoms with Gasteiger partial charge < -0.3 is 9.31 Å². The maximum atomic E-state index is 6.15. The molecule has 0 amide bonds. The molecule has 0 aromatic carbocycles. The van der Waals surface area contributed by atoms with Crippen LogP contribution in [-0.2, 0) is 9.31 Å². The molecule has 0 aliphatic carbocycles. The van der Waals surface area contributed by atoms with Crippen molar-refractivity contribution < 1.29 is 9.31 Å². The fourth-order valence-corrected chi connectivity index (χ4v) is 2.17. The van der Waals surface area contributed by atoms with Gasteiger partial charge in [0.2, 0.25) is 0 Å². The lowest BCUT2D eigenvalue weighted by Gasteiger charge is -2.32. The fraction of sp³-hybridized carbons (Fsp3) is 0.545. The predicted octanol–water partition coefficient (Wildman–Crippen LogP) is 3.34. The van der Waals surface area contributed by atoms with Gasteiger partial charge >= 0.3 is 7.12 Å². The lowest BCUT2D eigenvalue weighted by molar-refractivity contribution is 0.00578. The summed E-state index contributed by atoms with van der Waals surface area (Å²) in [5, 5.41) is 0.697. The first kappa shape index (κ1) is 14.4. The molecule has 1 fully saturated rings. The Bertz CT molecular complexity index is 477. The van der Waals surface area contributed by atoms with Gasteiger partial charge in [0.15, 0.2) is 0 Å². The van der Waals surface area contributed by atoms with E-state index < -0.39 is 18.3 Å². The zero-order chi connectivity index (χ0) is 13.7. The molecule has 0 atom stereocenters. The normalized spacial score (nSPS) is 21.4. The molecule has 98 valence electrons. The summed E-state index contributed by atoms with van der Waals surface area (Å²) in [6.45, 7) is 7.86. The van der Waals surface area contributed by atoms with Crippen LogP contribution in [0.25, 0.3) is 0 Å². The molecule has 7 heteroatoms. The van der Waals surface area contributed by atoms with Gasteiger partial charge in [-0.3, -0.25) is 0 Å². The molecule has 18 heavy (non-hydrogen) atoms. The van der Waals surface area contributed by atoms with Gasteiger partial charge in [0.05, 0.1) is 21.2 Å². The van der Waals surface area contributed by atoms with Gasteiger partial charge in [-0.25, -0.2) is 4.98 Å². The van der Waals surface area contributed by atoms with Crippen LogP contribution in [0, 0.1) is 0 Å². The van der Waals surface area contributed by atoms with Gasteiger partial charge in [0, 0.05) is 11.7 Å². The van der Waals surface area contributed by atoms with Crippen molar-refractivity contribution >= 4 is 47.4 Å². The van der Waals surface area contributed by atoms with E-state index in [0.717, 1.165) is 0 Å². The van der Waals surface area contributed by atoms with Gasteiger partial charge in [0.1, 0.15) is 5.15 Å². The molecule has 0 saturated carbocycles. The fourth-order valence-electron chi connectivity index (χ4n) is 1.59. The summed E-state index contributed by atoms with van der Waals surface area (Å²) < 4.78 is 11.8. The second-order valence-electron chi connectivity index (χ2n) is 5.22. The second-order valence-corrected chi connectivity index (χ2v) is 6.33. The Morgan fingerprint density at radius 2 is 1.50 bits per heavy atom. The molecule has 1 aliphatic heterocycles. The first-order chi connectivity index (χ1) is 8.16. The van der Waals surface area contributed by atoms with Crippen molar-refractivity contribution in [1.29, 1.82) is 0 Å². The number of aromatic nitrogens is 1. The third kappa shape index (κ3) is 2.25. The monoisotopic (exact) mass is 307 g/mol. The van der Waals surface area contributed by atoms with Gasteiger partial charge in [-0.15, -0.1) is 0 Å². The summed E-state index contributed by atoms with van der Waals surface area (Å²) in [5.41, 5.74) is -0.287. The lowest BCUT2D eigenvalue weighted by atomic mass is 9.80. The van der Waals surface area contributed by atoms with Crippen LogP contribution in [0.4, 0.5) is 0 Å². The highest BCUT2D eigenvalue weighted by Crippen LogP contribution is 2.37. The Balaban J connectivity index is 2.39. The smallest absolute Gasteiger partial charge is 0.399 e. The molecule has 1 aliphatic rings. The summed E-state index contributed by atoms with van der Waals surface area (Å²) in [5.74, 6) is 0. The van der Waals surface area contributed by atoms with Crippen molar-refractivity contribution in [2.75, 3.05) is 0 Å². The molecule has 0 radical (unpaired) electrons. The minimum absolute atomic E-state index is 0.168. The van der Waals surface area contributed by atoms with E-state index in [1.54, 1.807) is 0 Å². The lowest BCUT2D eigenvalue weighted by Crippen LogP contribution is -2.41. The largest absolute Gasteiger partial charge is 0.498 e. The third-order valence-corrected chi connectivity index (χ3v) is 4.71. The molecular weight excluding hydrogens is 295 g/mol. The standard InChI is InChI=1S/C11H13BCl3NO2/c1-10(2)11(3,4)18-12(17-10)6-5-16-9(15)8(14)7(6)13/h5H,1-4H3. The molecule has 1 saturated heterocycles. The first-order valence-electron chi connectivity index (χ1n) is 5.51. The van der Waals surface area contributed by atoms with Gasteiger partial charge in [-0.2, -0.15) is 0 Å². The third-order valence-electron chi connectivity index (χ3n) is 3.45. The van der Waals surface area contributed by atoms with Crippen molar-refractivity contribution in [2.24, 2.45) is 0 Å². The molecule has 2 rings (SSSR count). The molecule has 0 unspecified atom stereocenters. The van der Waals surface area contributed by atoms with Crippen molar-refractivity contribution in [3.05, 3.63) is 21.4 Å². The van der Waals surface area contributed by atoms with Crippen LogP contribution in [0.2, 0.25) is 15.2 Å². The van der Waals surface area contributed by atoms with Gasteiger partial charge in [-0.05, 0) is 27.7 Å². The Labute approximate surface area is 122 Å². The highest BCUT2D eigenvalue weighted by atomic mass is 35.5. The Hall–Kier alpha value is 0.00494. The number of hydrogen-bond donors (Lipinski definition) is 0. The van der Waals surface area contributed by atoms with Crippen molar-refractivity contribution in [1.82, 2.24) is 4.98 Å². The molecule has 3 nitrogen and oxygen atoms in total. The zero-order valence-electron chi connectivity index (χ0n) is 10.6. The van der Waals surface area contributed by atoms with Crippen molar-refractivity contribution in [2.45, 2.75) is 38.9 Å². The predicted molar refractivity (Wildman–Crippen MR) is 75.0 cm³/mol. The average Bonchev–Trinajstić information content (AvgIpc) is 2.45. The molecular formula is C11H13BCl3NO2. The van der Waals surface area contributed by atoms with Crippen LogP contribution in [0.15, 0.2) is 6.20 Å². The van der Waals surface area contributed by atoms with E-state index in [9.17, 15) is 0 Å². The maximum absolute atomic E-state index is 6.15. The van der Waals surface area contributed by atoms with Crippen LogP contribution in [0.1, 0.15) is 27.7 Å². The summed E-state index contributed by atoms with van der Waals surface area (Å²) in [7, 11) is -0.593. The second kappa shape index (κ2) is 4.53. The van der Waals surface area contributed by atoms with Crippen LogP contribution in [0.5, 0.6) is 0 Å². The molecule has 0 bridgehead atoms. The molecule has 0 N–H and O–H groups in total. The summed E-state index contributed by atoms with van der Waals surface area (Å²) in [4.78, 5) is 3.97. The van der Waals surface area contributed by atoms with Crippen molar-refractivity contribution in [3.63, 3.8) is 0 Å². The Morgan fingerprint density at radius 1 is 1.00 bits per heavy atom. The minimum atomic E-state index is -0.593. The van der Waals surface area contributed by atoms with Crippen LogP contribution < -0.4 is 5.46 Å². The average molecular weight is 308 g/mol. The number of nitrogens with zero attached hydrogens (tertiary/aromatic N) is 1. The number of rotatable bonds is 1. The number of pyridine rings is 1.